The van der Waals surface area contributed by atoms with Gasteiger partial charge in [0.25, 0.3) is 0 Å². The first-order chi connectivity index (χ1) is 23.9. The number of rotatable bonds is 12. The first kappa shape index (κ1) is 34.0. The van der Waals surface area contributed by atoms with Crippen LogP contribution in [0, 0.1) is 0 Å². The zero-order valence-electron chi connectivity index (χ0n) is 26.8. The first-order valence-corrected chi connectivity index (χ1v) is 17.1. The summed E-state index contributed by atoms with van der Waals surface area (Å²) in [6.07, 6.45) is -0.341. The van der Waals surface area contributed by atoms with Crippen molar-refractivity contribution in [3.8, 4) is 11.1 Å². The van der Waals surface area contributed by atoms with Crippen molar-refractivity contribution in [1.29, 1.82) is 0 Å². The quantitative estimate of drug-likeness (QED) is 0.0995. The Labute approximate surface area is 290 Å². The summed E-state index contributed by atoms with van der Waals surface area (Å²) in [4.78, 5) is 24.7. The Morgan fingerprint density at radius 1 is 0.694 bits per heavy atom. The number of carboxylic acids is 1. The number of amides is 2. The van der Waals surface area contributed by atoms with Crippen molar-refractivity contribution in [1.82, 2.24) is 10.6 Å². The number of carboxylic acid groups (broad SMARTS) is 1. The van der Waals surface area contributed by atoms with Crippen LogP contribution in [0.5, 0.6) is 0 Å². The summed E-state index contributed by atoms with van der Waals surface area (Å²) >= 11 is 1.62. The molecule has 0 aliphatic carbocycles. The predicted octanol–water partition coefficient (Wildman–Crippen LogP) is 7.88. The molecule has 49 heavy (non-hydrogen) atoms. The molecule has 8 nitrogen and oxygen atoms in total. The van der Waals surface area contributed by atoms with Crippen LogP contribution in [0.25, 0.3) is 11.1 Å². The van der Waals surface area contributed by atoms with Gasteiger partial charge in [-0.05, 0) is 69.8 Å². The lowest BCUT2D eigenvalue weighted by Gasteiger charge is -2.36. The van der Waals surface area contributed by atoms with Crippen LogP contribution >= 0.6 is 11.8 Å². The van der Waals surface area contributed by atoms with Gasteiger partial charge in [-0.1, -0.05) is 91.0 Å². The Balaban J connectivity index is 1.15. The second-order valence-electron chi connectivity index (χ2n) is 11.8. The van der Waals surface area contributed by atoms with Gasteiger partial charge in [0.2, 0.25) is 0 Å². The molecule has 3 atom stereocenters. The number of thioether (sulfide) groups is 1. The predicted molar refractivity (Wildman–Crippen MR) is 190 cm³/mol. The summed E-state index contributed by atoms with van der Waals surface area (Å²) in [6.45, 7) is 0.820. The van der Waals surface area contributed by atoms with Gasteiger partial charge in [-0.15, -0.1) is 11.8 Å². The SMILES string of the molecule is O=C(NCc1ccccc1)NCc1cccc(-c2cccc(C3OC(CSc4ccc(C(=O)O)cc4)CC(c4ccc(CO)cc4)O3)c2)c1. The van der Waals surface area contributed by atoms with Gasteiger partial charge in [0.1, 0.15) is 0 Å². The minimum Gasteiger partial charge on any atom is -0.478 e. The van der Waals surface area contributed by atoms with E-state index in [9.17, 15) is 19.8 Å². The minimum absolute atomic E-state index is 0.0248. The molecule has 0 aromatic heterocycles. The van der Waals surface area contributed by atoms with E-state index in [1.54, 1.807) is 23.9 Å². The fourth-order valence-electron chi connectivity index (χ4n) is 5.65. The molecule has 1 aliphatic heterocycles. The topological polar surface area (TPSA) is 117 Å². The van der Waals surface area contributed by atoms with Gasteiger partial charge in [0.05, 0.1) is 24.4 Å². The van der Waals surface area contributed by atoms with Gasteiger partial charge in [0.15, 0.2) is 6.29 Å². The van der Waals surface area contributed by atoms with Crippen LogP contribution < -0.4 is 10.6 Å². The summed E-state index contributed by atoms with van der Waals surface area (Å²) in [7, 11) is 0. The first-order valence-electron chi connectivity index (χ1n) is 16.1. The molecule has 250 valence electrons. The van der Waals surface area contributed by atoms with Crippen LogP contribution in [0.4, 0.5) is 4.79 Å². The van der Waals surface area contributed by atoms with Gasteiger partial charge < -0.3 is 30.3 Å². The van der Waals surface area contributed by atoms with Crippen molar-refractivity contribution in [3.63, 3.8) is 0 Å². The van der Waals surface area contributed by atoms with Crippen molar-refractivity contribution in [2.75, 3.05) is 5.75 Å². The Morgan fingerprint density at radius 2 is 1.37 bits per heavy atom. The molecule has 0 saturated carbocycles. The zero-order valence-corrected chi connectivity index (χ0v) is 27.6. The summed E-state index contributed by atoms with van der Waals surface area (Å²) in [5, 5.41) is 24.6. The zero-order chi connectivity index (χ0) is 34.0. The van der Waals surface area contributed by atoms with E-state index in [2.05, 4.69) is 22.8 Å². The molecule has 5 aromatic rings. The lowest BCUT2D eigenvalue weighted by Crippen LogP contribution is -2.34. The van der Waals surface area contributed by atoms with Crippen LogP contribution in [-0.4, -0.2) is 34.1 Å². The lowest BCUT2D eigenvalue weighted by atomic mass is 9.99. The number of carbonyl (C=O) groups is 2. The number of aliphatic hydroxyl groups is 1. The molecule has 0 bridgehead atoms. The highest BCUT2D eigenvalue weighted by molar-refractivity contribution is 7.99. The largest absolute Gasteiger partial charge is 0.478 e. The Morgan fingerprint density at radius 3 is 2.08 bits per heavy atom. The van der Waals surface area contributed by atoms with Crippen molar-refractivity contribution < 1.29 is 29.3 Å². The normalized spacial score (nSPS) is 17.3. The highest BCUT2D eigenvalue weighted by Crippen LogP contribution is 2.40. The van der Waals surface area contributed by atoms with Crippen molar-refractivity contribution in [2.45, 2.75) is 49.5 Å². The third-order valence-corrected chi connectivity index (χ3v) is 9.46. The van der Waals surface area contributed by atoms with Crippen molar-refractivity contribution in [2.24, 2.45) is 0 Å². The standard InChI is InChI=1S/C40H38N2O6S/c43-25-28-12-14-30(15-13-28)37-22-35(26-49-36-18-16-31(17-19-36)38(44)45)47-39(48-37)34-11-5-10-33(21-34)32-9-4-8-29(20-32)24-42-40(46)41-23-27-6-2-1-3-7-27/h1-21,35,37,39,43H,22-26H2,(H,44,45)(H2,41,42,46). The molecule has 2 amide bonds. The number of carbonyl (C=O) groups excluding carboxylic acids is 1. The van der Waals surface area contributed by atoms with Gasteiger partial charge in [-0.2, -0.15) is 0 Å². The number of aliphatic hydroxyl groups excluding tert-OH is 1. The van der Waals surface area contributed by atoms with E-state index >= 15 is 0 Å². The molecular formula is C40H38N2O6S. The molecule has 0 radical (unpaired) electrons. The third kappa shape index (κ3) is 9.37. The molecule has 5 aromatic carbocycles. The van der Waals surface area contributed by atoms with Crippen LogP contribution in [0.3, 0.4) is 0 Å². The molecule has 9 heteroatoms. The summed E-state index contributed by atoms with van der Waals surface area (Å²) in [6, 6.07) is 40.4. The Hall–Kier alpha value is -4.93. The Kier molecular flexibility index (Phi) is 11.4. The smallest absolute Gasteiger partial charge is 0.335 e. The van der Waals surface area contributed by atoms with E-state index in [4.69, 9.17) is 9.47 Å². The van der Waals surface area contributed by atoms with Gasteiger partial charge in [0, 0.05) is 35.7 Å². The second kappa shape index (κ2) is 16.5. The number of nitrogens with one attached hydrogen (secondary N) is 2. The van der Waals surface area contributed by atoms with Gasteiger partial charge in [-0.25, -0.2) is 9.59 Å². The highest BCUT2D eigenvalue weighted by Gasteiger charge is 2.32. The van der Waals surface area contributed by atoms with Gasteiger partial charge >= 0.3 is 12.0 Å². The molecule has 3 unspecified atom stereocenters. The van der Waals surface area contributed by atoms with Gasteiger partial charge in [-0.3, -0.25) is 0 Å². The van der Waals surface area contributed by atoms with E-state index < -0.39 is 12.3 Å². The average Bonchev–Trinajstić information content (AvgIpc) is 3.16. The highest BCUT2D eigenvalue weighted by atomic mass is 32.2. The fraction of sp³-hybridized carbons (Fsp3) is 0.200. The molecule has 1 saturated heterocycles. The molecule has 0 spiro atoms. The third-order valence-electron chi connectivity index (χ3n) is 8.32. The minimum atomic E-state index is -0.949. The fourth-order valence-corrected chi connectivity index (χ4v) is 6.58. The van der Waals surface area contributed by atoms with E-state index in [1.165, 1.54) is 0 Å². The monoisotopic (exact) mass is 674 g/mol. The molecule has 1 aliphatic rings. The molecule has 4 N–H and O–H groups in total. The van der Waals surface area contributed by atoms with Crippen LogP contribution in [0.1, 0.15) is 57.0 Å². The average molecular weight is 675 g/mol. The number of hydrogen-bond donors (Lipinski definition) is 4. The number of benzene rings is 5. The maximum atomic E-state index is 12.4. The van der Waals surface area contributed by atoms with Crippen LogP contribution in [0.2, 0.25) is 0 Å². The van der Waals surface area contributed by atoms with E-state index in [0.717, 1.165) is 43.8 Å². The van der Waals surface area contributed by atoms with Crippen molar-refractivity contribution in [3.05, 3.63) is 161 Å². The molecule has 6 rings (SSSR count). The number of hydrogen-bond acceptors (Lipinski definition) is 6. The summed E-state index contributed by atoms with van der Waals surface area (Å²) in [5.41, 5.74) is 7.01. The summed E-state index contributed by atoms with van der Waals surface area (Å²) in [5.74, 6) is -0.291. The summed E-state index contributed by atoms with van der Waals surface area (Å²) < 4.78 is 13.1. The van der Waals surface area contributed by atoms with Crippen molar-refractivity contribution >= 4 is 23.8 Å². The number of ether oxygens (including phenoxy) is 2. The number of aromatic carboxylic acids is 1. The maximum Gasteiger partial charge on any atom is 0.335 e. The van der Waals surface area contributed by atoms with E-state index in [0.29, 0.717) is 25.3 Å². The second-order valence-corrected chi connectivity index (χ2v) is 12.9. The molecule has 1 fully saturated rings. The molecule has 1 heterocycles. The van der Waals surface area contributed by atoms with Crippen LogP contribution in [0.15, 0.2) is 132 Å². The Bertz CT molecular complexity index is 1850. The van der Waals surface area contributed by atoms with E-state index in [-0.39, 0.29) is 30.4 Å². The maximum absolute atomic E-state index is 12.4. The lowest BCUT2D eigenvalue weighted by molar-refractivity contribution is -0.245. The van der Waals surface area contributed by atoms with E-state index in [1.807, 2.05) is 103 Å². The molecular weight excluding hydrogens is 637 g/mol. The van der Waals surface area contributed by atoms with Crippen LogP contribution in [-0.2, 0) is 29.2 Å². The number of urea groups is 1.